The molecule has 0 saturated heterocycles. The van der Waals surface area contributed by atoms with Gasteiger partial charge in [-0.05, 0) is 30.3 Å². The van der Waals surface area contributed by atoms with Crippen LogP contribution in [0.1, 0.15) is 5.56 Å². The number of halogens is 2. The van der Waals surface area contributed by atoms with Crippen LogP contribution in [0.4, 0.5) is 5.69 Å². The molecule has 20 heavy (non-hydrogen) atoms. The first-order valence-corrected chi connectivity index (χ1v) is 6.80. The summed E-state index contributed by atoms with van der Waals surface area (Å²) in [5, 5.41) is 4.49. The van der Waals surface area contributed by atoms with Crippen LogP contribution in [-0.4, -0.2) is 14.2 Å². The third kappa shape index (κ3) is 3.30. The highest BCUT2D eigenvalue weighted by Gasteiger charge is 2.08. The van der Waals surface area contributed by atoms with Gasteiger partial charge in [-0.25, -0.2) is 0 Å². The van der Waals surface area contributed by atoms with E-state index in [1.165, 1.54) is 0 Å². The van der Waals surface area contributed by atoms with Crippen LogP contribution in [0.3, 0.4) is 0 Å². The molecule has 0 spiro atoms. The van der Waals surface area contributed by atoms with Crippen LogP contribution < -0.4 is 14.8 Å². The number of methoxy groups -OCH3 is 2. The third-order valence-electron chi connectivity index (χ3n) is 2.92. The first kappa shape index (κ1) is 14.8. The van der Waals surface area contributed by atoms with E-state index >= 15 is 0 Å². The van der Waals surface area contributed by atoms with Crippen molar-refractivity contribution in [3.8, 4) is 11.5 Å². The summed E-state index contributed by atoms with van der Waals surface area (Å²) in [7, 11) is 3.21. The van der Waals surface area contributed by atoms with Gasteiger partial charge in [-0.1, -0.05) is 29.3 Å². The van der Waals surface area contributed by atoms with Crippen molar-refractivity contribution in [2.75, 3.05) is 19.5 Å². The van der Waals surface area contributed by atoms with Gasteiger partial charge in [-0.15, -0.1) is 0 Å². The molecule has 0 heterocycles. The van der Waals surface area contributed by atoms with Crippen molar-refractivity contribution in [2.45, 2.75) is 6.54 Å². The van der Waals surface area contributed by atoms with E-state index < -0.39 is 0 Å². The molecule has 1 N–H and O–H groups in total. The van der Waals surface area contributed by atoms with E-state index in [0.717, 1.165) is 17.0 Å². The normalized spacial score (nSPS) is 10.2. The summed E-state index contributed by atoms with van der Waals surface area (Å²) in [6.45, 7) is 0.547. The summed E-state index contributed by atoms with van der Waals surface area (Å²) in [6, 6.07) is 11.1. The fraction of sp³-hybridized carbons (Fsp3) is 0.200. The minimum Gasteiger partial charge on any atom is -0.496 e. The van der Waals surface area contributed by atoms with E-state index in [1.54, 1.807) is 14.2 Å². The van der Waals surface area contributed by atoms with Crippen LogP contribution in [0, 0.1) is 0 Å². The first-order chi connectivity index (χ1) is 9.65. The quantitative estimate of drug-likeness (QED) is 0.873. The van der Waals surface area contributed by atoms with Gasteiger partial charge in [0.15, 0.2) is 0 Å². The standard InChI is InChI=1S/C15H15Cl2NO2/c1-19-14-5-3-4-12(16)11(14)9-18-10-6-7-15(20-2)13(17)8-10/h3-8,18H,9H2,1-2H3. The Bertz CT molecular complexity index is 602. The minimum atomic E-state index is 0.547. The average molecular weight is 312 g/mol. The molecule has 0 fully saturated rings. The Morgan fingerprint density at radius 2 is 1.70 bits per heavy atom. The summed E-state index contributed by atoms with van der Waals surface area (Å²) in [6.07, 6.45) is 0. The number of hydrogen-bond acceptors (Lipinski definition) is 3. The van der Waals surface area contributed by atoms with Crippen molar-refractivity contribution >= 4 is 28.9 Å². The molecule has 5 heteroatoms. The fourth-order valence-corrected chi connectivity index (χ4v) is 2.36. The maximum atomic E-state index is 6.19. The molecule has 0 aromatic heterocycles. The number of benzene rings is 2. The summed E-state index contributed by atoms with van der Waals surface area (Å²) in [5.41, 5.74) is 1.79. The van der Waals surface area contributed by atoms with Gasteiger partial charge in [0, 0.05) is 22.8 Å². The van der Waals surface area contributed by atoms with Crippen LogP contribution in [0.25, 0.3) is 0 Å². The Balaban J connectivity index is 2.15. The highest BCUT2D eigenvalue weighted by molar-refractivity contribution is 6.32. The zero-order valence-electron chi connectivity index (χ0n) is 11.2. The van der Waals surface area contributed by atoms with Gasteiger partial charge < -0.3 is 14.8 Å². The van der Waals surface area contributed by atoms with Crippen molar-refractivity contribution in [3.63, 3.8) is 0 Å². The van der Waals surface area contributed by atoms with Gasteiger partial charge in [0.1, 0.15) is 11.5 Å². The van der Waals surface area contributed by atoms with Crippen molar-refractivity contribution in [3.05, 3.63) is 52.0 Å². The predicted molar refractivity (Wildman–Crippen MR) is 83.3 cm³/mol. The van der Waals surface area contributed by atoms with E-state index in [2.05, 4.69) is 5.32 Å². The zero-order valence-corrected chi connectivity index (χ0v) is 12.8. The molecule has 0 atom stereocenters. The molecule has 2 aromatic rings. The molecule has 2 rings (SSSR count). The van der Waals surface area contributed by atoms with Gasteiger partial charge >= 0.3 is 0 Å². The van der Waals surface area contributed by atoms with Crippen LogP contribution in [0.5, 0.6) is 11.5 Å². The molecule has 106 valence electrons. The topological polar surface area (TPSA) is 30.5 Å². The van der Waals surface area contributed by atoms with Crippen LogP contribution >= 0.6 is 23.2 Å². The number of nitrogens with one attached hydrogen (secondary N) is 1. The van der Waals surface area contributed by atoms with Crippen molar-refractivity contribution in [1.29, 1.82) is 0 Å². The molecule has 0 unspecified atom stereocenters. The second-order valence-electron chi connectivity index (χ2n) is 4.12. The Labute approximate surface area is 128 Å². The third-order valence-corrected chi connectivity index (χ3v) is 3.57. The molecule has 0 saturated carbocycles. The van der Waals surface area contributed by atoms with Crippen molar-refractivity contribution < 1.29 is 9.47 Å². The molecular formula is C15H15Cl2NO2. The molecule has 2 aromatic carbocycles. The summed E-state index contributed by atoms with van der Waals surface area (Å²) >= 11 is 12.3. The SMILES string of the molecule is COc1ccc(NCc2c(Cl)cccc2OC)cc1Cl. The molecule has 0 radical (unpaired) electrons. The molecule has 3 nitrogen and oxygen atoms in total. The number of hydrogen-bond donors (Lipinski definition) is 1. The Morgan fingerprint density at radius 3 is 2.35 bits per heavy atom. The maximum absolute atomic E-state index is 6.19. The van der Waals surface area contributed by atoms with Crippen LogP contribution in [-0.2, 0) is 6.54 Å². The summed E-state index contributed by atoms with van der Waals surface area (Å²) in [4.78, 5) is 0. The highest BCUT2D eigenvalue weighted by atomic mass is 35.5. The first-order valence-electron chi connectivity index (χ1n) is 6.04. The second-order valence-corrected chi connectivity index (χ2v) is 4.94. The van der Waals surface area contributed by atoms with Gasteiger partial charge in [0.05, 0.1) is 19.2 Å². The monoisotopic (exact) mass is 311 g/mol. The van der Waals surface area contributed by atoms with E-state index in [9.17, 15) is 0 Å². The summed E-state index contributed by atoms with van der Waals surface area (Å²) in [5.74, 6) is 1.40. The summed E-state index contributed by atoms with van der Waals surface area (Å²) < 4.78 is 10.4. The molecule has 0 aliphatic heterocycles. The van der Waals surface area contributed by atoms with Gasteiger partial charge in [-0.3, -0.25) is 0 Å². The Kier molecular flexibility index (Phi) is 4.99. The van der Waals surface area contributed by atoms with E-state index in [4.69, 9.17) is 32.7 Å². The molecule has 0 amide bonds. The zero-order chi connectivity index (χ0) is 14.5. The predicted octanol–water partition coefficient (Wildman–Crippen LogP) is 4.62. The van der Waals surface area contributed by atoms with Crippen LogP contribution in [0.2, 0.25) is 10.0 Å². The Morgan fingerprint density at radius 1 is 0.950 bits per heavy atom. The molecule has 0 aliphatic rings. The van der Waals surface area contributed by atoms with E-state index in [0.29, 0.717) is 22.3 Å². The van der Waals surface area contributed by atoms with E-state index in [-0.39, 0.29) is 0 Å². The van der Waals surface area contributed by atoms with Crippen LogP contribution in [0.15, 0.2) is 36.4 Å². The lowest BCUT2D eigenvalue weighted by atomic mass is 10.2. The van der Waals surface area contributed by atoms with Gasteiger partial charge in [-0.2, -0.15) is 0 Å². The lowest BCUT2D eigenvalue weighted by molar-refractivity contribution is 0.410. The largest absolute Gasteiger partial charge is 0.496 e. The maximum Gasteiger partial charge on any atom is 0.137 e. The van der Waals surface area contributed by atoms with Gasteiger partial charge in [0.25, 0.3) is 0 Å². The second kappa shape index (κ2) is 6.73. The number of ether oxygens (including phenoxy) is 2. The molecule has 0 aliphatic carbocycles. The smallest absolute Gasteiger partial charge is 0.137 e. The van der Waals surface area contributed by atoms with Crippen molar-refractivity contribution in [2.24, 2.45) is 0 Å². The minimum absolute atomic E-state index is 0.547. The molecule has 0 bridgehead atoms. The average Bonchev–Trinajstić information content (AvgIpc) is 2.46. The molecular weight excluding hydrogens is 297 g/mol. The number of anilines is 1. The number of rotatable bonds is 5. The highest BCUT2D eigenvalue weighted by Crippen LogP contribution is 2.30. The van der Waals surface area contributed by atoms with Gasteiger partial charge in [0.2, 0.25) is 0 Å². The van der Waals surface area contributed by atoms with E-state index in [1.807, 2.05) is 36.4 Å². The van der Waals surface area contributed by atoms with Crippen molar-refractivity contribution in [1.82, 2.24) is 0 Å². The fourth-order valence-electron chi connectivity index (χ4n) is 1.87. The lowest BCUT2D eigenvalue weighted by Gasteiger charge is -2.13. The lowest BCUT2D eigenvalue weighted by Crippen LogP contribution is -2.02. The Hall–Kier alpha value is -1.58.